The smallest absolute Gasteiger partial charge is 0.235 e. The third kappa shape index (κ3) is 6.52. The van der Waals surface area contributed by atoms with Gasteiger partial charge >= 0.3 is 0 Å². The first-order chi connectivity index (χ1) is 48.1. The number of rotatable bonds is 5. The van der Waals surface area contributed by atoms with Crippen LogP contribution in [0.5, 0.6) is 0 Å². The SMILES string of the molecule is N#Cc1cc(-c2nc(-n3c4cc5c6ccccc6n6c7ccccc7c(c4c4ccc7ccccc7c43)c56)nc3ccccc23)ccc1-c1ccc2c(c1)c1c3c4ccc5ccccc5c4n(-c4ccc(-n5c6ccccc6c6ccncc65)cn4)c3cc3c4ccccc4n2c31. The molecule has 10 aromatic heterocycles. The molecule has 10 heteroatoms. The summed E-state index contributed by atoms with van der Waals surface area (Å²) in [5.74, 6) is 1.38. The predicted molar refractivity (Wildman–Crippen MR) is 398 cm³/mol. The van der Waals surface area contributed by atoms with Gasteiger partial charge in [-0.1, -0.05) is 182 Å². The van der Waals surface area contributed by atoms with Crippen molar-refractivity contribution in [3.05, 3.63) is 285 Å². The highest BCUT2D eigenvalue weighted by molar-refractivity contribution is 6.39. The van der Waals surface area contributed by atoms with Crippen molar-refractivity contribution >= 4 is 174 Å². The van der Waals surface area contributed by atoms with Gasteiger partial charge in [0.25, 0.3) is 0 Å². The van der Waals surface area contributed by atoms with E-state index in [9.17, 15) is 5.26 Å². The second kappa shape index (κ2) is 18.4. The van der Waals surface area contributed by atoms with Crippen molar-refractivity contribution in [3.63, 3.8) is 0 Å². The number of nitrogens with zero attached hydrogens (tertiary/aromatic N) is 10. The molecule has 0 aliphatic carbocycles. The summed E-state index contributed by atoms with van der Waals surface area (Å²) in [5.41, 5.74) is 19.0. The van der Waals surface area contributed by atoms with Crippen LogP contribution in [-0.4, -0.2) is 42.4 Å². The zero-order valence-electron chi connectivity index (χ0n) is 51.5. The van der Waals surface area contributed by atoms with Crippen molar-refractivity contribution < 1.29 is 0 Å². The lowest BCUT2D eigenvalue weighted by atomic mass is 9.94. The van der Waals surface area contributed by atoms with Gasteiger partial charge in [-0.3, -0.25) is 14.1 Å². The van der Waals surface area contributed by atoms with E-state index in [-0.39, 0.29) is 0 Å². The average Bonchev–Trinajstić information content (AvgIpc) is 1.52. The molecule has 444 valence electrons. The molecule has 0 saturated heterocycles. The van der Waals surface area contributed by atoms with Gasteiger partial charge in [0.05, 0.1) is 107 Å². The minimum atomic E-state index is 0.547. The Morgan fingerprint density at radius 3 is 1.54 bits per heavy atom. The maximum absolute atomic E-state index is 11.5. The molecule has 0 atom stereocenters. The summed E-state index contributed by atoms with van der Waals surface area (Å²) in [4.78, 5) is 21.2. The van der Waals surface area contributed by atoms with E-state index in [1.54, 1.807) is 0 Å². The normalized spacial score (nSPS) is 12.5. The fourth-order valence-electron chi connectivity index (χ4n) is 17.4. The fraction of sp³-hybridized carbons (Fsp3) is 0. The molecule has 10 heterocycles. The highest BCUT2D eigenvalue weighted by Gasteiger charge is 2.29. The second-order valence-electron chi connectivity index (χ2n) is 26.0. The summed E-state index contributed by atoms with van der Waals surface area (Å²) >= 11 is 0. The van der Waals surface area contributed by atoms with Crippen molar-refractivity contribution in [1.29, 1.82) is 5.26 Å². The zero-order chi connectivity index (χ0) is 63.0. The van der Waals surface area contributed by atoms with Gasteiger partial charge in [0.2, 0.25) is 5.95 Å². The molecule has 0 amide bonds. The van der Waals surface area contributed by atoms with Crippen LogP contribution in [0.25, 0.3) is 214 Å². The minimum absolute atomic E-state index is 0.547. The average molecular weight is 1230 g/mol. The van der Waals surface area contributed by atoms with E-state index in [2.05, 4.69) is 276 Å². The third-order valence-electron chi connectivity index (χ3n) is 21.3. The van der Waals surface area contributed by atoms with E-state index in [0.29, 0.717) is 11.5 Å². The van der Waals surface area contributed by atoms with Crippen molar-refractivity contribution in [3.8, 4) is 45.9 Å². The lowest BCUT2D eigenvalue weighted by molar-refractivity contribution is 1.02. The van der Waals surface area contributed by atoms with Crippen LogP contribution in [0.4, 0.5) is 0 Å². The van der Waals surface area contributed by atoms with Crippen molar-refractivity contribution in [2.24, 2.45) is 0 Å². The number of pyridine rings is 2. The minimum Gasteiger partial charge on any atom is -0.308 e. The summed E-state index contributed by atoms with van der Waals surface area (Å²) < 4.78 is 11.9. The van der Waals surface area contributed by atoms with Gasteiger partial charge in [0.15, 0.2) is 0 Å². The number of fused-ring (bicyclic) bond motifs is 28. The monoisotopic (exact) mass is 1230 g/mol. The number of para-hydroxylation sites is 5. The van der Waals surface area contributed by atoms with Gasteiger partial charge in [-0.2, -0.15) is 5.26 Å². The highest BCUT2D eigenvalue weighted by Crippen LogP contribution is 2.51. The predicted octanol–water partition coefficient (Wildman–Crippen LogP) is 21.5. The van der Waals surface area contributed by atoms with Gasteiger partial charge in [-0.25, -0.2) is 15.0 Å². The Labute approximate surface area is 549 Å². The Morgan fingerprint density at radius 1 is 0.320 bits per heavy atom. The van der Waals surface area contributed by atoms with E-state index >= 15 is 0 Å². The molecule has 0 N–H and O–H groups in total. The van der Waals surface area contributed by atoms with Gasteiger partial charge in [0, 0.05) is 103 Å². The Bertz CT molecular complexity index is 7460. The Balaban J connectivity index is 0.740. The van der Waals surface area contributed by atoms with Gasteiger partial charge in [-0.15, -0.1) is 0 Å². The van der Waals surface area contributed by atoms with Gasteiger partial charge < -0.3 is 13.4 Å². The molecular formula is C87H46N10. The molecule has 0 bridgehead atoms. The molecule has 0 unspecified atom stereocenters. The molecule has 10 nitrogen and oxygen atoms in total. The van der Waals surface area contributed by atoms with E-state index < -0.39 is 0 Å². The van der Waals surface area contributed by atoms with Crippen LogP contribution in [0.2, 0.25) is 0 Å². The second-order valence-corrected chi connectivity index (χ2v) is 26.0. The maximum Gasteiger partial charge on any atom is 0.235 e. The first-order valence-corrected chi connectivity index (χ1v) is 32.8. The molecule has 0 radical (unpaired) electrons. The first-order valence-electron chi connectivity index (χ1n) is 32.8. The molecule has 0 fully saturated rings. The van der Waals surface area contributed by atoms with Crippen LogP contribution < -0.4 is 0 Å². The zero-order valence-corrected chi connectivity index (χ0v) is 51.5. The first kappa shape index (κ1) is 51.1. The van der Waals surface area contributed by atoms with Gasteiger partial charge in [0.1, 0.15) is 5.82 Å². The van der Waals surface area contributed by atoms with E-state index in [0.717, 1.165) is 148 Å². The molecule has 13 aromatic carbocycles. The quantitative estimate of drug-likeness (QED) is 0.171. The van der Waals surface area contributed by atoms with Crippen LogP contribution in [0.3, 0.4) is 0 Å². The number of hydrogen-bond donors (Lipinski definition) is 0. The van der Waals surface area contributed by atoms with Gasteiger partial charge in [-0.05, 0) is 101 Å². The number of aromatic nitrogens is 9. The summed E-state index contributed by atoms with van der Waals surface area (Å²) in [7, 11) is 0. The lowest BCUT2D eigenvalue weighted by Crippen LogP contribution is -2.04. The molecular weight excluding hydrogens is 1190 g/mol. The summed E-state index contributed by atoms with van der Waals surface area (Å²) in [6, 6.07) is 96.6. The Kier molecular flexibility index (Phi) is 9.70. The van der Waals surface area contributed by atoms with Crippen LogP contribution >= 0.6 is 0 Å². The molecule has 23 aromatic rings. The fourth-order valence-corrected chi connectivity index (χ4v) is 17.4. The molecule has 0 aliphatic heterocycles. The number of hydrogen-bond acceptors (Lipinski definition) is 5. The van der Waals surface area contributed by atoms with Crippen LogP contribution in [-0.2, 0) is 0 Å². The standard InChI is InChI=1S/C87H46N10/c88-45-52-41-51(82-61-22-5-10-24-68(61)91-87(92-82)97-75-44-66-59-21-7-12-26-70(59)94-72-28-14-9-23-62(72)80(85(66)94)79(75)64-36-30-49-16-2-4-18-56(49)84(64)97)31-34-54(52)50-32-37-73-67(42-50)81-78-63-35-29-48-15-1-3-17-55(48)83(63)96(74(78)43-65-58-20-8-13-27-71(58)95(73)86(65)81)77-38-33-53(46-90-77)93-69-25-11-6-19-57(69)60-39-40-89-47-76(60)93/h1-44,46-47H. The topological polar surface area (TPSA) is 99.0 Å². The van der Waals surface area contributed by atoms with E-state index in [1.807, 2.05) is 36.8 Å². The summed E-state index contributed by atoms with van der Waals surface area (Å²) in [5, 5.41) is 33.3. The molecule has 97 heavy (non-hydrogen) atoms. The molecule has 23 rings (SSSR count). The summed E-state index contributed by atoms with van der Waals surface area (Å²) in [6.07, 6.45) is 5.81. The lowest BCUT2D eigenvalue weighted by Gasteiger charge is -2.14. The Hall–Kier alpha value is -13.5. The van der Waals surface area contributed by atoms with Crippen molar-refractivity contribution in [2.45, 2.75) is 0 Å². The number of nitriles is 1. The highest BCUT2D eigenvalue weighted by atomic mass is 15.2. The van der Waals surface area contributed by atoms with E-state index in [4.69, 9.17) is 15.0 Å². The largest absolute Gasteiger partial charge is 0.308 e. The Morgan fingerprint density at radius 2 is 0.866 bits per heavy atom. The maximum atomic E-state index is 11.5. The van der Waals surface area contributed by atoms with Crippen LogP contribution in [0, 0.1) is 11.3 Å². The van der Waals surface area contributed by atoms with Crippen LogP contribution in [0.1, 0.15) is 5.56 Å². The third-order valence-corrected chi connectivity index (χ3v) is 21.3. The molecule has 0 saturated carbocycles. The number of benzene rings is 13. The molecule has 0 spiro atoms. The van der Waals surface area contributed by atoms with Crippen molar-refractivity contribution in [2.75, 3.05) is 0 Å². The molecule has 0 aliphatic rings. The van der Waals surface area contributed by atoms with E-state index in [1.165, 1.54) is 59.8 Å². The summed E-state index contributed by atoms with van der Waals surface area (Å²) in [6.45, 7) is 0. The van der Waals surface area contributed by atoms with Crippen LogP contribution in [0.15, 0.2) is 279 Å². The van der Waals surface area contributed by atoms with Crippen molar-refractivity contribution in [1.82, 2.24) is 42.4 Å².